The molecule has 1 N–H and O–H groups in total. The molecule has 15 heavy (non-hydrogen) atoms. The molecule has 0 aromatic carbocycles. The lowest BCUT2D eigenvalue weighted by atomic mass is 9.95. The van der Waals surface area contributed by atoms with Crippen LogP contribution < -0.4 is 5.32 Å². The van der Waals surface area contributed by atoms with Crippen molar-refractivity contribution >= 4 is 11.8 Å². The van der Waals surface area contributed by atoms with Gasteiger partial charge >= 0.3 is 0 Å². The first-order valence-electron chi connectivity index (χ1n) is 5.46. The van der Waals surface area contributed by atoms with Gasteiger partial charge in [-0.3, -0.25) is 9.59 Å². The first-order chi connectivity index (χ1) is 6.81. The summed E-state index contributed by atoms with van der Waals surface area (Å²) in [5.74, 6) is -0.0659. The van der Waals surface area contributed by atoms with Crippen LogP contribution in [0.25, 0.3) is 0 Å². The Morgan fingerprint density at radius 3 is 2.47 bits per heavy atom. The van der Waals surface area contributed by atoms with E-state index in [0.717, 1.165) is 6.42 Å². The number of piperazine rings is 1. The topological polar surface area (TPSA) is 49.4 Å². The van der Waals surface area contributed by atoms with E-state index in [1.54, 1.807) is 25.7 Å². The van der Waals surface area contributed by atoms with Crippen LogP contribution in [0.1, 0.15) is 41.0 Å². The van der Waals surface area contributed by atoms with Gasteiger partial charge in [-0.15, -0.1) is 0 Å². The van der Waals surface area contributed by atoms with Crippen LogP contribution in [-0.2, 0) is 9.59 Å². The number of nitrogens with zero attached hydrogens (tertiary/aromatic N) is 1. The van der Waals surface area contributed by atoms with Gasteiger partial charge in [-0.05, 0) is 34.1 Å². The molecule has 1 fully saturated rings. The van der Waals surface area contributed by atoms with E-state index in [4.69, 9.17) is 0 Å². The van der Waals surface area contributed by atoms with Crippen LogP contribution in [0, 0.1) is 0 Å². The molecule has 1 heterocycles. The Balaban J connectivity index is 3.00. The molecule has 2 unspecified atom stereocenters. The van der Waals surface area contributed by atoms with Gasteiger partial charge in [0.15, 0.2) is 0 Å². The molecule has 1 saturated heterocycles. The van der Waals surface area contributed by atoms with E-state index in [9.17, 15) is 9.59 Å². The molecule has 1 aliphatic rings. The highest BCUT2D eigenvalue weighted by Gasteiger charge is 2.44. The summed E-state index contributed by atoms with van der Waals surface area (Å²) in [5, 5.41) is 2.73. The Kier molecular flexibility index (Phi) is 3.07. The fraction of sp³-hybridized carbons (Fsp3) is 0.818. The molecule has 86 valence electrons. The molecule has 0 spiro atoms. The summed E-state index contributed by atoms with van der Waals surface area (Å²) in [6, 6.07) is -0.252. The zero-order valence-corrected chi connectivity index (χ0v) is 10.1. The first-order valence-corrected chi connectivity index (χ1v) is 5.46. The first kappa shape index (κ1) is 12.0. The highest BCUT2D eigenvalue weighted by molar-refractivity contribution is 5.99. The van der Waals surface area contributed by atoms with Gasteiger partial charge < -0.3 is 10.2 Å². The van der Waals surface area contributed by atoms with Crippen LogP contribution in [0.4, 0.5) is 0 Å². The number of amides is 2. The lowest BCUT2D eigenvalue weighted by Gasteiger charge is -2.44. The third kappa shape index (κ3) is 1.98. The van der Waals surface area contributed by atoms with Crippen molar-refractivity contribution in [2.45, 2.75) is 58.7 Å². The lowest BCUT2D eigenvalue weighted by molar-refractivity contribution is -0.155. The number of hydrogen-bond acceptors (Lipinski definition) is 2. The predicted octanol–water partition coefficient (Wildman–Crippen LogP) is 0.910. The van der Waals surface area contributed by atoms with Gasteiger partial charge in [-0.2, -0.15) is 0 Å². The van der Waals surface area contributed by atoms with Gasteiger partial charge in [0.05, 0.1) is 0 Å². The van der Waals surface area contributed by atoms with Gasteiger partial charge in [0.2, 0.25) is 11.8 Å². The van der Waals surface area contributed by atoms with Crippen molar-refractivity contribution in [2.75, 3.05) is 0 Å². The number of carbonyl (C=O) groups excluding carboxylic acids is 2. The van der Waals surface area contributed by atoms with Gasteiger partial charge in [-0.25, -0.2) is 0 Å². The second-order valence-corrected chi connectivity index (χ2v) is 4.76. The highest BCUT2D eigenvalue weighted by Crippen LogP contribution is 2.21. The largest absolute Gasteiger partial charge is 0.340 e. The molecule has 2 atom stereocenters. The van der Waals surface area contributed by atoms with Crippen molar-refractivity contribution in [1.29, 1.82) is 0 Å². The third-order valence-electron chi connectivity index (χ3n) is 3.07. The number of nitrogens with one attached hydrogen (secondary N) is 1. The van der Waals surface area contributed by atoms with E-state index < -0.39 is 5.54 Å². The van der Waals surface area contributed by atoms with Crippen molar-refractivity contribution < 1.29 is 9.59 Å². The summed E-state index contributed by atoms with van der Waals surface area (Å²) in [4.78, 5) is 25.5. The second kappa shape index (κ2) is 3.83. The van der Waals surface area contributed by atoms with Crippen LogP contribution in [-0.4, -0.2) is 34.3 Å². The fourth-order valence-electron chi connectivity index (χ4n) is 1.87. The van der Waals surface area contributed by atoms with Gasteiger partial charge in [0.25, 0.3) is 0 Å². The SMILES string of the molecule is CCC(C)N1C(=O)C(C)(C)NC(=O)C1C. The Labute approximate surface area is 91.0 Å². The fourth-order valence-corrected chi connectivity index (χ4v) is 1.87. The van der Waals surface area contributed by atoms with Gasteiger partial charge in [0.1, 0.15) is 11.6 Å². The van der Waals surface area contributed by atoms with Crippen LogP contribution in [0.3, 0.4) is 0 Å². The summed E-state index contributed by atoms with van der Waals surface area (Å²) in [6.07, 6.45) is 0.861. The van der Waals surface area contributed by atoms with E-state index in [0.29, 0.717) is 0 Å². The van der Waals surface area contributed by atoms with Crippen molar-refractivity contribution in [3.8, 4) is 0 Å². The normalized spacial score (nSPS) is 27.5. The minimum absolute atomic E-state index is 0.00366. The number of carbonyl (C=O) groups is 2. The van der Waals surface area contributed by atoms with Crippen LogP contribution in [0.5, 0.6) is 0 Å². The smallest absolute Gasteiger partial charge is 0.248 e. The lowest BCUT2D eigenvalue weighted by Crippen LogP contribution is -2.68. The summed E-state index contributed by atoms with van der Waals surface area (Å²) >= 11 is 0. The molecule has 0 saturated carbocycles. The predicted molar refractivity (Wildman–Crippen MR) is 58.3 cm³/mol. The van der Waals surface area contributed by atoms with Gasteiger partial charge in [-0.1, -0.05) is 6.92 Å². The molecular weight excluding hydrogens is 192 g/mol. The average molecular weight is 212 g/mol. The Bertz CT molecular complexity index is 286. The minimum Gasteiger partial charge on any atom is -0.340 e. The molecular formula is C11H20N2O2. The van der Waals surface area contributed by atoms with Crippen molar-refractivity contribution in [2.24, 2.45) is 0 Å². The van der Waals surface area contributed by atoms with Crippen LogP contribution in [0.15, 0.2) is 0 Å². The molecule has 4 nitrogen and oxygen atoms in total. The second-order valence-electron chi connectivity index (χ2n) is 4.76. The average Bonchev–Trinajstić information content (AvgIpc) is 2.14. The number of hydrogen-bond donors (Lipinski definition) is 1. The van der Waals surface area contributed by atoms with Crippen molar-refractivity contribution in [3.63, 3.8) is 0 Å². The third-order valence-corrected chi connectivity index (χ3v) is 3.07. The van der Waals surface area contributed by atoms with E-state index in [-0.39, 0.29) is 23.9 Å². The molecule has 1 rings (SSSR count). The molecule has 0 bridgehead atoms. The maximum atomic E-state index is 12.1. The molecule has 1 aliphatic heterocycles. The van der Waals surface area contributed by atoms with Crippen LogP contribution in [0.2, 0.25) is 0 Å². The van der Waals surface area contributed by atoms with E-state index in [1.807, 2.05) is 13.8 Å². The molecule has 4 heteroatoms. The molecule has 0 aliphatic carbocycles. The van der Waals surface area contributed by atoms with Gasteiger partial charge in [0, 0.05) is 6.04 Å². The maximum absolute atomic E-state index is 12.1. The van der Waals surface area contributed by atoms with E-state index in [1.165, 1.54) is 0 Å². The molecule has 0 radical (unpaired) electrons. The molecule has 0 aromatic heterocycles. The minimum atomic E-state index is -0.771. The summed E-state index contributed by atoms with van der Waals surface area (Å²) in [6.45, 7) is 9.25. The Morgan fingerprint density at radius 1 is 1.47 bits per heavy atom. The molecule has 0 aromatic rings. The summed E-state index contributed by atoms with van der Waals surface area (Å²) < 4.78 is 0. The summed E-state index contributed by atoms with van der Waals surface area (Å²) in [7, 11) is 0. The van der Waals surface area contributed by atoms with Crippen LogP contribution >= 0.6 is 0 Å². The van der Waals surface area contributed by atoms with E-state index >= 15 is 0 Å². The Morgan fingerprint density at radius 2 is 2.00 bits per heavy atom. The highest BCUT2D eigenvalue weighted by atomic mass is 16.2. The van der Waals surface area contributed by atoms with E-state index in [2.05, 4.69) is 5.32 Å². The van der Waals surface area contributed by atoms with Crippen molar-refractivity contribution in [1.82, 2.24) is 10.2 Å². The standard InChI is InChI=1S/C11H20N2O2/c1-6-7(2)13-8(3)9(14)12-11(4,5)10(13)15/h7-8H,6H2,1-5H3,(H,12,14). The Hall–Kier alpha value is -1.06. The maximum Gasteiger partial charge on any atom is 0.248 e. The summed E-state index contributed by atoms with van der Waals surface area (Å²) in [5.41, 5.74) is -0.771. The zero-order valence-electron chi connectivity index (χ0n) is 10.1. The number of rotatable bonds is 2. The zero-order chi connectivity index (χ0) is 11.8. The molecule has 2 amide bonds. The van der Waals surface area contributed by atoms with Crippen molar-refractivity contribution in [3.05, 3.63) is 0 Å². The monoisotopic (exact) mass is 212 g/mol. The quantitative estimate of drug-likeness (QED) is 0.739.